The predicted octanol–water partition coefficient (Wildman–Crippen LogP) is 4.27. The summed E-state index contributed by atoms with van der Waals surface area (Å²) < 4.78 is 0.824. The van der Waals surface area contributed by atoms with Crippen LogP contribution in [0.1, 0.15) is 24.4 Å². The van der Waals surface area contributed by atoms with Gasteiger partial charge in [0.05, 0.1) is 35.3 Å². The molecule has 5 atom stereocenters. The third kappa shape index (κ3) is 3.44. The molecule has 3 aromatic rings. The number of carbonyl (C=O) groups is 3. The van der Waals surface area contributed by atoms with E-state index in [4.69, 9.17) is 0 Å². The zero-order valence-electron chi connectivity index (χ0n) is 18.1. The van der Waals surface area contributed by atoms with Crippen molar-refractivity contribution in [3.05, 3.63) is 77.0 Å². The Morgan fingerprint density at radius 1 is 1.00 bits per heavy atom. The van der Waals surface area contributed by atoms with Crippen molar-refractivity contribution in [2.24, 2.45) is 23.7 Å². The molecule has 8 heteroatoms. The van der Waals surface area contributed by atoms with Crippen LogP contribution in [-0.2, 0) is 14.4 Å². The molecule has 2 aliphatic carbocycles. The summed E-state index contributed by atoms with van der Waals surface area (Å²) >= 11 is 3.48. The predicted molar refractivity (Wildman–Crippen MR) is 129 cm³/mol. The first kappa shape index (κ1) is 21.2. The molecule has 34 heavy (non-hydrogen) atoms. The Hall–Kier alpha value is -3.39. The van der Waals surface area contributed by atoms with Gasteiger partial charge in [-0.3, -0.25) is 29.3 Å². The molecule has 1 aliphatic heterocycles. The lowest BCUT2D eigenvalue weighted by Gasteiger charge is -2.28. The zero-order valence-corrected chi connectivity index (χ0v) is 19.7. The minimum absolute atomic E-state index is 0.0331. The number of fused-ring (bicyclic) bond motifs is 6. The number of nitrogens with zero attached hydrogens (tertiary/aromatic N) is 3. The van der Waals surface area contributed by atoms with E-state index in [9.17, 15) is 14.4 Å². The summed E-state index contributed by atoms with van der Waals surface area (Å²) in [6.07, 6.45) is 8.20. The molecule has 2 aromatic carbocycles. The highest BCUT2D eigenvalue weighted by molar-refractivity contribution is 9.10. The van der Waals surface area contributed by atoms with Crippen molar-refractivity contribution in [3.63, 3.8) is 0 Å². The fourth-order valence-corrected chi connectivity index (χ4v) is 6.15. The smallest absolute Gasteiger partial charge is 0.234 e. The second kappa shape index (κ2) is 8.13. The first-order valence-corrected chi connectivity index (χ1v) is 12.1. The summed E-state index contributed by atoms with van der Waals surface area (Å²) in [5, 5.41) is 2.90. The molecule has 3 aliphatic rings. The number of imide groups is 1. The van der Waals surface area contributed by atoms with Crippen molar-refractivity contribution in [2.45, 2.75) is 18.9 Å². The highest BCUT2D eigenvalue weighted by Gasteiger charge is 2.60. The van der Waals surface area contributed by atoms with Gasteiger partial charge in [-0.15, -0.1) is 0 Å². The summed E-state index contributed by atoms with van der Waals surface area (Å²) in [5.41, 5.74) is 2.74. The number of likely N-dealkylation sites (tertiary alicyclic amines) is 1. The molecular weight excluding hydrogens is 496 g/mol. The first-order chi connectivity index (χ1) is 16.5. The second-order valence-electron chi connectivity index (χ2n) is 9.13. The van der Waals surface area contributed by atoms with Crippen molar-refractivity contribution < 1.29 is 14.4 Å². The SMILES string of the molecule is O=C(CC(c1cccc(Br)c1)N1C(=O)C2C3C=CC(C3)C2C1=O)Nc1ccc2nccnc2c1. The Bertz CT molecular complexity index is 1340. The van der Waals surface area contributed by atoms with E-state index in [0.29, 0.717) is 11.2 Å². The van der Waals surface area contributed by atoms with E-state index >= 15 is 0 Å². The second-order valence-corrected chi connectivity index (χ2v) is 10.0. The van der Waals surface area contributed by atoms with Gasteiger partial charge in [0, 0.05) is 22.6 Å². The van der Waals surface area contributed by atoms with E-state index in [2.05, 4.69) is 43.4 Å². The van der Waals surface area contributed by atoms with Gasteiger partial charge in [0.15, 0.2) is 0 Å². The van der Waals surface area contributed by atoms with Gasteiger partial charge in [-0.2, -0.15) is 0 Å². The van der Waals surface area contributed by atoms with Crippen LogP contribution >= 0.6 is 15.9 Å². The minimum Gasteiger partial charge on any atom is -0.326 e. The molecule has 170 valence electrons. The minimum atomic E-state index is -0.678. The van der Waals surface area contributed by atoms with Crippen LogP contribution in [0, 0.1) is 23.7 Å². The van der Waals surface area contributed by atoms with Gasteiger partial charge >= 0.3 is 0 Å². The molecule has 1 aromatic heterocycles. The molecule has 1 saturated heterocycles. The molecule has 1 saturated carbocycles. The van der Waals surface area contributed by atoms with Crippen LogP contribution in [0.15, 0.2) is 71.5 Å². The van der Waals surface area contributed by atoms with Gasteiger partial charge in [0.1, 0.15) is 0 Å². The van der Waals surface area contributed by atoms with Crippen molar-refractivity contribution in [2.75, 3.05) is 5.32 Å². The maximum Gasteiger partial charge on any atom is 0.234 e. The van der Waals surface area contributed by atoms with Crippen LogP contribution in [0.2, 0.25) is 0 Å². The third-order valence-electron chi connectivity index (χ3n) is 7.18. The number of aromatic nitrogens is 2. The van der Waals surface area contributed by atoms with E-state index in [1.54, 1.807) is 30.6 Å². The molecule has 2 heterocycles. The fraction of sp³-hybridized carbons (Fsp3) is 0.269. The van der Waals surface area contributed by atoms with Crippen molar-refractivity contribution >= 4 is 50.4 Å². The van der Waals surface area contributed by atoms with Gasteiger partial charge in [-0.1, -0.05) is 40.2 Å². The Morgan fingerprint density at radius 2 is 1.71 bits per heavy atom. The molecule has 5 unspecified atom stereocenters. The number of anilines is 1. The Morgan fingerprint density at radius 3 is 2.41 bits per heavy atom. The van der Waals surface area contributed by atoms with E-state index in [1.807, 2.05) is 24.3 Å². The summed E-state index contributed by atoms with van der Waals surface area (Å²) in [7, 11) is 0. The lowest BCUT2D eigenvalue weighted by atomic mass is 9.85. The summed E-state index contributed by atoms with van der Waals surface area (Å²) in [6.45, 7) is 0. The average molecular weight is 517 g/mol. The van der Waals surface area contributed by atoms with Crippen molar-refractivity contribution in [3.8, 4) is 0 Å². The topological polar surface area (TPSA) is 92.3 Å². The Kier molecular flexibility index (Phi) is 5.06. The maximum absolute atomic E-state index is 13.5. The van der Waals surface area contributed by atoms with Crippen LogP contribution in [0.5, 0.6) is 0 Å². The quantitative estimate of drug-likeness (QED) is 0.403. The number of benzene rings is 2. The lowest BCUT2D eigenvalue weighted by molar-refractivity contribution is -0.144. The van der Waals surface area contributed by atoms with Crippen LogP contribution in [-0.4, -0.2) is 32.6 Å². The lowest BCUT2D eigenvalue weighted by Crippen LogP contribution is -2.38. The molecule has 0 radical (unpaired) electrons. The third-order valence-corrected chi connectivity index (χ3v) is 7.67. The van der Waals surface area contributed by atoms with E-state index < -0.39 is 6.04 Å². The molecule has 3 amide bonds. The molecular formula is C26H21BrN4O3. The van der Waals surface area contributed by atoms with E-state index in [0.717, 1.165) is 22.0 Å². The zero-order chi connectivity index (χ0) is 23.4. The molecule has 2 bridgehead atoms. The van der Waals surface area contributed by atoms with E-state index in [1.165, 1.54) is 4.90 Å². The molecule has 6 rings (SSSR count). The molecule has 7 nitrogen and oxygen atoms in total. The van der Waals surface area contributed by atoms with Gasteiger partial charge in [-0.25, -0.2) is 0 Å². The van der Waals surface area contributed by atoms with Gasteiger partial charge in [0.2, 0.25) is 17.7 Å². The highest BCUT2D eigenvalue weighted by Crippen LogP contribution is 2.54. The van der Waals surface area contributed by atoms with Crippen LogP contribution < -0.4 is 5.32 Å². The van der Waals surface area contributed by atoms with Crippen LogP contribution in [0.25, 0.3) is 11.0 Å². The van der Waals surface area contributed by atoms with Gasteiger partial charge < -0.3 is 5.32 Å². The summed E-state index contributed by atoms with van der Waals surface area (Å²) in [4.78, 5) is 50.0. The Balaban J connectivity index is 1.29. The fourth-order valence-electron chi connectivity index (χ4n) is 5.73. The number of carbonyl (C=O) groups excluding carboxylic acids is 3. The Labute approximate surface area is 204 Å². The van der Waals surface area contributed by atoms with Crippen molar-refractivity contribution in [1.82, 2.24) is 14.9 Å². The summed E-state index contributed by atoms with van der Waals surface area (Å²) in [5.74, 6) is -0.985. The number of nitrogens with one attached hydrogen (secondary N) is 1. The number of halogens is 1. The largest absolute Gasteiger partial charge is 0.326 e. The highest BCUT2D eigenvalue weighted by atomic mass is 79.9. The van der Waals surface area contributed by atoms with Gasteiger partial charge in [0.25, 0.3) is 0 Å². The summed E-state index contributed by atoms with van der Waals surface area (Å²) in [6, 6.07) is 12.1. The van der Waals surface area contributed by atoms with E-state index in [-0.39, 0.29) is 47.8 Å². The monoisotopic (exact) mass is 516 g/mol. The standard InChI is InChI=1S/C26H21BrN4O3/c27-17-3-1-2-14(11-17)21(31-25(33)23-15-4-5-16(10-15)24(23)26(31)34)13-22(32)30-18-6-7-19-20(12-18)29-9-8-28-19/h1-9,11-12,15-16,21,23-24H,10,13H2,(H,30,32). The average Bonchev–Trinajstić information content (AvgIpc) is 3.51. The maximum atomic E-state index is 13.5. The van der Waals surface area contributed by atoms with Crippen LogP contribution in [0.3, 0.4) is 0 Å². The normalized spacial score (nSPS) is 25.7. The number of amides is 3. The number of hydrogen-bond donors (Lipinski definition) is 1. The molecule has 2 fully saturated rings. The first-order valence-electron chi connectivity index (χ1n) is 11.3. The molecule has 1 N–H and O–H groups in total. The molecule has 0 spiro atoms. The van der Waals surface area contributed by atoms with Gasteiger partial charge in [-0.05, 0) is 54.2 Å². The van der Waals surface area contributed by atoms with Crippen molar-refractivity contribution in [1.29, 1.82) is 0 Å². The van der Waals surface area contributed by atoms with Crippen LogP contribution in [0.4, 0.5) is 5.69 Å². The number of rotatable bonds is 5. The number of hydrogen-bond acceptors (Lipinski definition) is 5. The number of allylic oxidation sites excluding steroid dienone is 2.